The number of carbonyl (C=O) groups is 1. The van der Waals surface area contributed by atoms with Crippen LogP contribution in [0.4, 0.5) is 11.8 Å². The largest absolute Gasteiger partial charge is 0.393 e. The number of likely N-dealkylation sites (tertiary alicyclic amines) is 1. The predicted octanol–water partition coefficient (Wildman–Crippen LogP) is 2.11. The molecule has 160 valence electrons. The Labute approximate surface area is 172 Å². The molecule has 2 unspecified atom stereocenters. The molecule has 1 saturated heterocycles. The summed E-state index contributed by atoms with van der Waals surface area (Å²) >= 11 is 0. The average Bonchev–Trinajstić information content (AvgIpc) is 3.23. The van der Waals surface area contributed by atoms with Crippen molar-refractivity contribution in [3.8, 4) is 0 Å². The second kappa shape index (κ2) is 9.26. The Morgan fingerprint density at radius 1 is 1.03 bits per heavy atom. The molecule has 0 spiro atoms. The number of aliphatic hydroxyl groups is 1. The van der Waals surface area contributed by atoms with Gasteiger partial charge in [-0.05, 0) is 77.3 Å². The van der Waals surface area contributed by atoms with Gasteiger partial charge in [0.25, 0.3) is 5.91 Å². The third-order valence-corrected chi connectivity index (χ3v) is 6.73. The van der Waals surface area contributed by atoms with Crippen LogP contribution in [0.1, 0.15) is 74.6 Å². The van der Waals surface area contributed by atoms with Crippen LogP contribution in [-0.4, -0.2) is 63.2 Å². The van der Waals surface area contributed by atoms with Crippen LogP contribution >= 0.6 is 0 Å². The Morgan fingerprint density at radius 2 is 1.79 bits per heavy atom. The van der Waals surface area contributed by atoms with Crippen LogP contribution in [0.3, 0.4) is 0 Å². The van der Waals surface area contributed by atoms with E-state index in [9.17, 15) is 9.90 Å². The Bertz CT molecular complexity index is 700. The van der Waals surface area contributed by atoms with Crippen LogP contribution in [0, 0.1) is 0 Å². The number of anilines is 2. The maximum Gasteiger partial charge on any atom is 0.254 e. The van der Waals surface area contributed by atoms with Gasteiger partial charge in [0.05, 0.1) is 11.7 Å². The van der Waals surface area contributed by atoms with Crippen molar-refractivity contribution in [3.63, 3.8) is 0 Å². The minimum absolute atomic E-state index is 0.0931. The van der Waals surface area contributed by atoms with Crippen molar-refractivity contribution in [2.45, 2.75) is 88.4 Å². The number of aromatic nitrogens is 2. The van der Waals surface area contributed by atoms with Crippen LogP contribution in [0.2, 0.25) is 0 Å². The fourth-order valence-corrected chi connectivity index (χ4v) is 5.10. The summed E-state index contributed by atoms with van der Waals surface area (Å²) < 4.78 is 0. The van der Waals surface area contributed by atoms with E-state index >= 15 is 0 Å². The predicted molar refractivity (Wildman–Crippen MR) is 113 cm³/mol. The zero-order valence-corrected chi connectivity index (χ0v) is 17.1. The van der Waals surface area contributed by atoms with Gasteiger partial charge in [-0.25, -0.2) is 4.98 Å². The van der Waals surface area contributed by atoms with E-state index < -0.39 is 5.91 Å². The first-order chi connectivity index (χ1) is 14.1. The highest BCUT2D eigenvalue weighted by atomic mass is 16.3. The first-order valence-electron chi connectivity index (χ1n) is 11.2. The van der Waals surface area contributed by atoms with E-state index in [4.69, 9.17) is 5.73 Å². The standard InChI is InChI=1S/C21H34N6O2/c22-19(29)18-13-23-21(26-20(18)24-15-4-3-5-17(28)12-15)25-14-6-8-16(9-7-14)27-10-1-2-11-27/h13-17,28H,1-12H2,(H2,22,29)(H2,23,24,25,26)/t14-,15?,16-,17?. The van der Waals surface area contributed by atoms with Gasteiger partial charge in [-0.3, -0.25) is 4.79 Å². The number of carbonyl (C=O) groups excluding carboxylic acids is 1. The van der Waals surface area contributed by atoms with Gasteiger partial charge >= 0.3 is 0 Å². The summed E-state index contributed by atoms with van der Waals surface area (Å²) in [5.41, 5.74) is 5.82. The summed E-state index contributed by atoms with van der Waals surface area (Å²) in [6, 6.07) is 1.18. The summed E-state index contributed by atoms with van der Waals surface area (Å²) in [6.07, 6.45) is 11.9. The van der Waals surface area contributed by atoms with E-state index in [0.29, 0.717) is 29.8 Å². The molecule has 0 aromatic carbocycles. The molecular formula is C21H34N6O2. The summed E-state index contributed by atoms with van der Waals surface area (Å²) in [5, 5.41) is 16.7. The van der Waals surface area contributed by atoms with Gasteiger partial charge < -0.3 is 26.4 Å². The molecule has 2 saturated carbocycles. The summed E-state index contributed by atoms with van der Waals surface area (Å²) in [4.78, 5) is 23.4. The Hall–Kier alpha value is -1.93. The molecule has 1 amide bonds. The van der Waals surface area contributed by atoms with Gasteiger partial charge in [-0.1, -0.05) is 0 Å². The second-order valence-corrected chi connectivity index (χ2v) is 8.87. The average molecular weight is 403 g/mol. The number of nitrogens with one attached hydrogen (secondary N) is 2. The molecule has 2 heterocycles. The topological polar surface area (TPSA) is 116 Å². The lowest BCUT2D eigenvalue weighted by Crippen LogP contribution is -2.39. The summed E-state index contributed by atoms with van der Waals surface area (Å²) in [5.74, 6) is 0.472. The third-order valence-electron chi connectivity index (χ3n) is 6.73. The van der Waals surface area contributed by atoms with Crippen molar-refractivity contribution >= 4 is 17.7 Å². The Morgan fingerprint density at radius 3 is 2.48 bits per heavy atom. The minimum atomic E-state index is -0.540. The van der Waals surface area contributed by atoms with Crippen molar-refractivity contribution in [1.82, 2.24) is 14.9 Å². The molecule has 8 heteroatoms. The van der Waals surface area contributed by atoms with E-state index in [1.165, 1.54) is 45.0 Å². The number of rotatable bonds is 6. The van der Waals surface area contributed by atoms with E-state index in [0.717, 1.165) is 38.1 Å². The van der Waals surface area contributed by atoms with Crippen molar-refractivity contribution < 1.29 is 9.90 Å². The lowest BCUT2D eigenvalue weighted by Gasteiger charge is -2.34. The summed E-state index contributed by atoms with van der Waals surface area (Å²) in [7, 11) is 0. The molecule has 1 aromatic heterocycles. The van der Waals surface area contributed by atoms with Gasteiger partial charge in [0, 0.05) is 24.3 Å². The van der Waals surface area contributed by atoms with Gasteiger partial charge in [0.1, 0.15) is 5.82 Å². The first-order valence-corrected chi connectivity index (χ1v) is 11.2. The Balaban J connectivity index is 1.38. The number of hydrogen-bond acceptors (Lipinski definition) is 7. The maximum absolute atomic E-state index is 11.8. The molecule has 1 aliphatic heterocycles. The molecule has 8 nitrogen and oxygen atoms in total. The van der Waals surface area contributed by atoms with Gasteiger partial charge in [-0.2, -0.15) is 4.98 Å². The van der Waals surface area contributed by atoms with Gasteiger partial charge in [0.15, 0.2) is 0 Å². The van der Waals surface area contributed by atoms with Crippen LogP contribution in [0.5, 0.6) is 0 Å². The van der Waals surface area contributed by atoms with Gasteiger partial charge in [-0.15, -0.1) is 0 Å². The molecule has 5 N–H and O–H groups in total. The Kier molecular flexibility index (Phi) is 6.50. The smallest absolute Gasteiger partial charge is 0.254 e. The molecule has 29 heavy (non-hydrogen) atoms. The maximum atomic E-state index is 11.8. The van der Waals surface area contributed by atoms with Crippen molar-refractivity contribution in [1.29, 1.82) is 0 Å². The number of primary amides is 1. The van der Waals surface area contributed by atoms with E-state index in [-0.39, 0.29) is 12.1 Å². The lowest BCUT2D eigenvalue weighted by atomic mass is 9.90. The number of nitrogens with zero attached hydrogens (tertiary/aromatic N) is 3. The van der Waals surface area contributed by atoms with E-state index in [1.54, 1.807) is 0 Å². The third kappa shape index (κ3) is 5.17. The number of hydrogen-bond donors (Lipinski definition) is 4. The molecular weight excluding hydrogens is 368 g/mol. The number of amides is 1. The van der Waals surface area contributed by atoms with Crippen molar-refractivity contribution in [2.24, 2.45) is 5.73 Å². The van der Waals surface area contributed by atoms with E-state index in [2.05, 4.69) is 25.5 Å². The van der Waals surface area contributed by atoms with Crippen LogP contribution in [-0.2, 0) is 0 Å². The zero-order chi connectivity index (χ0) is 20.2. The highest BCUT2D eigenvalue weighted by molar-refractivity contribution is 5.97. The van der Waals surface area contributed by atoms with E-state index in [1.807, 2.05) is 0 Å². The monoisotopic (exact) mass is 402 g/mol. The zero-order valence-electron chi connectivity index (χ0n) is 17.1. The fraction of sp³-hybridized carbons (Fsp3) is 0.762. The highest BCUT2D eigenvalue weighted by Crippen LogP contribution is 2.28. The fourth-order valence-electron chi connectivity index (χ4n) is 5.10. The molecule has 3 fully saturated rings. The molecule has 2 aliphatic carbocycles. The lowest BCUT2D eigenvalue weighted by molar-refractivity contribution is 0.100. The molecule has 3 aliphatic rings. The highest BCUT2D eigenvalue weighted by Gasteiger charge is 2.28. The minimum Gasteiger partial charge on any atom is -0.393 e. The molecule has 4 rings (SSSR count). The van der Waals surface area contributed by atoms with Gasteiger partial charge in [0.2, 0.25) is 5.95 Å². The number of aliphatic hydroxyl groups excluding tert-OH is 1. The normalized spacial score (nSPS) is 30.8. The second-order valence-electron chi connectivity index (χ2n) is 8.87. The van der Waals surface area contributed by atoms with Crippen LogP contribution in [0.15, 0.2) is 6.20 Å². The van der Waals surface area contributed by atoms with Crippen molar-refractivity contribution in [2.75, 3.05) is 23.7 Å². The SMILES string of the molecule is NC(=O)c1cnc(N[C@H]2CC[C@H](N3CCCC3)CC2)nc1NC1CCCC(O)C1. The quantitative estimate of drug-likeness (QED) is 0.576. The number of nitrogens with two attached hydrogens (primary N) is 1. The summed E-state index contributed by atoms with van der Waals surface area (Å²) in [6.45, 7) is 2.51. The molecule has 1 aromatic rings. The molecule has 0 radical (unpaired) electrons. The van der Waals surface area contributed by atoms with Crippen LogP contribution in [0.25, 0.3) is 0 Å². The van der Waals surface area contributed by atoms with Crippen LogP contribution < -0.4 is 16.4 Å². The van der Waals surface area contributed by atoms with Crippen molar-refractivity contribution in [3.05, 3.63) is 11.8 Å². The molecule has 0 bridgehead atoms. The molecule has 2 atom stereocenters. The first kappa shape index (κ1) is 20.3.